The van der Waals surface area contributed by atoms with Crippen molar-refractivity contribution >= 4 is 5.97 Å². The Morgan fingerprint density at radius 3 is 2.70 bits per heavy atom. The molecule has 2 N–H and O–H groups in total. The van der Waals surface area contributed by atoms with Gasteiger partial charge in [-0.1, -0.05) is 37.3 Å². The fourth-order valence-corrected chi connectivity index (χ4v) is 1.96. The molecule has 1 rings (SSSR count). The highest BCUT2D eigenvalue weighted by Gasteiger charge is 2.15. The first kappa shape index (κ1) is 16.7. The molecule has 0 spiro atoms. The molecular weight excluding hydrogens is 254 g/mol. The van der Waals surface area contributed by atoms with Gasteiger partial charge in [-0.15, -0.1) is 0 Å². The van der Waals surface area contributed by atoms with Crippen LogP contribution in [-0.4, -0.2) is 36.9 Å². The molecule has 112 valence electrons. The molecule has 0 aliphatic heterocycles. The highest BCUT2D eigenvalue weighted by atomic mass is 16.5. The van der Waals surface area contributed by atoms with Crippen molar-refractivity contribution in [3.63, 3.8) is 0 Å². The molecule has 0 amide bonds. The minimum absolute atomic E-state index is 0.489. The van der Waals surface area contributed by atoms with E-state index in [4.69, 9.17) is 9.84 Å². The van der Waals surface area contributed by atoms with Crippen molar-refractivity contribution in [1.82, 2.24) is 5.32 Å². The lowest BCUT2D eigenvalue weighted by molar-refractivity contribution is -0.140. The maximum absolute atomic E-state index is 11.0. The Morgan fingerprint density at radius 1 is 1.30 bits per heavy atom. The zero-order chi connectivity index (χ0) is 14.6. The van der Waals surface area contributed by atoms with E-state index in [1.165, 1.54) is 5.56 Å². The number of rotatable bonds is 11. The van der Waals surface area contributed by atoms with E-state index < -0.39 is 12.0 Å². The molecule has 0 aliphatic carbocycles. The second-order valence-corrected chi connectivity index (χ2v) is 4.84. The molecule has 0 radical (unpaired) electrons. The summed E-state index contributed by atoms with van der Waals surface area (Å²) in [6.07, 6.45) is 3.41. The van der Waals surface area contributed by atoms with Crippen LogP contribution in [0.2, 0.25) is 0 Å². The Bertz CT molecular complexity index is 367. The molecular formula is C16H25NO3. The zero-order valence-electron chi connectivity index (χ0n) is 12.2. The molecule has 0 aliphatic rings. The third-order valence-corrected chi connectivity index (χ3v) is 3.09. The first-order valence-electron chi connectivity index (χ1n) is 7.32. The van der Waals surface area contributed by atoms with Crippen LogP contribution in [0.4, 0.5) is 0 Å². The molecule has 0 heterocycles. The van der Waals surface area contributed by atoms with E-state index in [1.54, 1.807) is 0 Å². The van der Waals surface area contributed by atoms with Gasteiger partial charge >= 0.3 is 5.97 Å². The summed E-state index contributed by atoms with van der Waals surface area (Å²) in [4.78, 5) is 11.0. The molecule has 20 heavy (non-hydrogen) atoms. The fourth-order valence-electron chi connectivity index (χ4n) is 1.96. The number of carbonyl (C=O) groups is 1. The predicted molar refractivity (Wildman–Crippen MR) is 79.9 cm³/mol. The van der Waals surface area contributed by atoms with Gasteiger partial charge in [0.25, 0.3) is 0 Å². The number of nitrogens with one attached hydrogen (secondary N) is 1. The average Bonchev–Trinajstić information content (AvgIpc) is 2.46. The summed E-state index contributed by atoms with van der Waals surface area (Å²) in [6, 6.07) is 9.80. The molecule has 0 aromatic heterocycles. The third kappa shape index (κ3) is 7.26. The van der Waals surface area contributed by atoms with Crippen molar-refractivity contribution in [2.75, 3.05) is 19.8 Å². The highest BCUT2D eigenvalue weighted by molar-refractivity contribution is 5.73. The van der Waals surface area contributed by atoms with Crippen molar-refractivity contribution in [1.29, 1.82) is 0 Å². The smallest absolute Gasteiger partial charge is 0.320 e. The lowest BCUT2D eigenvalue weighted by atomic mass is 10.1. The van der Waals surface area contributed by atoms with E-state index in [2.05, 4.69) is 17.4 Å². The molecule has 0 saturated carbocycles. The van der Waals surface area contributed by atoms with Crippen molar-refractivity contribution < 1.29 is 14.6 Å². The summed E-state index contributed by atoms with van der Waals surface area (Å²) in [5.41, 5.74) is 1.31. The second-order valence-electron chi connectivity index (χ2n) is 4.84. The Kier molecular flexibility index (Phi) is 8.67. The second kappa shape index (κ2) is 10.4. The van der Waals surface area contributed by atoms with Gasteiger partial charge in [-0.2, -0.15) is 0 Å². The van der Waals surface area contributed by atoms with E-state index >= 15 is 0 Å². The van der Waals surface area contributed by atoms with Gasteiger partial charge in [-0.25, -0.2) is 0 Å². The average molecular weight is 279 g/mol. The van der Waals surface area contributed by atoms with Gasteiger partial charge in [0.2, 0.25) is 0 Å². The largest absolute Gasteiger partial charge is 0.480 e. The lowest BCUT2D eigenvalue weighted by Crippen LogP contribution is -2.38. The van der Waals surface area contributed by atoms with Crippen molar-refractivity contribution in [3.8, 4) is 0 Å². The van der Waals surface area contributed by atoms with Gasteiger partial charge in [0.15, 0.2) is 0 Å². The van der Waals surface area contributed by atoms with Crippen LogP contribution in [0.3, 0.4) is 0 Å². The molecule has 1 unspecified atom stereocenters. The minimum Gasteiger partial charge on any atom is -0.480 e. The Balaban J connectivity index is 2.07. The Morgan fingerprint density at radius 2 is 2.05 bits per heavy atom. The molecule has 1 aromatic carbocycles. The van der Waals surface area contributed by atoms with Crippen LogP contribution in [0.1, 0.15) is 31.7 Å². The number of aliphatic carboxylic acids is 1. The van der Waals surface area contributed by atoms with Crippen molar-refractivity contribution in [3.05, 3.63) is 35.9 Å². The summed E-state index contributed by atoms with van der Waals surface area (Å²) < 4.78 is 5.51. The van der Waals surface area contributed by atoms with Crippen LogP contribution < -0.4 is 5.32 Å². The predicted octanol–water partition coefficient (Wildman–Crippen LogP) is 2.48. The van der Waals surface area contributed by atoms with Crippen LogP contribution in [0.25, 0.3) is 0 Å². The number of hydrogen-bond acceptors (Lipinski definition) is 3. The fraction of sp³-hybridized carbons (Fsp3) is 0.562. The summed E-state index contributed by atoms with van der Waals surface area (Å²) >= 11 is 0. The number of benzene rings is 1. The number of hydrogen-bond donors (Lipinski definition) is 2. The molecule has 1 aromatic rings. The van der Waals surface area contributed by atoms with Crippen molar-refractivity contribution in [2.24, 2.45) is 0 Å². The quantitative estimate of drug-likeness (QED) is 0.611. The zero-order valence-corrected chi connectivity index (χ0v) is 12.2. The van der Waals surface area contributed by atoms with Gasteiger partial charge < -0.3 is 15.2 Å². The van der Waals surface area contributed by atoms with Gasteiger partial charge in [0.05, 0.1) is 0 Å². The summed E-state index contributed by atoms with van der Waals surface area (Å²) in [5, 5.41) is 12.0. The van der Waals surface area contributed by atoms with E-state index in [1.807, 2.05) is 25.1 Å². The third-order valence-electron chi connectivity index (χ3n) is 3.09. The van der Waals surface area contributed by atoms with Crippen LogP contribution in [-0.2, 0) is 16.0 Å². The van der Waals surface area contributed by atoms with Gasteiger partial charge in [0, 0.05) is 13.2 Å². The molecule has 1 atom stereocenters. The summed E-state index contributed by atoms with van der Waals surface area (Å²) in [5.74, 6) is -0.800. The Hall–Kier alpha value is -1.39. The monoisotopic (exact) mass is 279 g/mol. The molecule has 0 fully saturated rings. The highest BCUT2D eigenvalue weighted by Crippen LogP contribution is 2.03. The lowest BCUT2D eigenvalue weighted by Gasteiger charge is -2.13. The molecule has 0 bridgehead atoms. The standard InChI is InChI=1S/C16H25NO3/c1-2-11-17-15(16(18)19)10-13-20-12-6-9-14-7-4-3-5-8-14/h3-5,7-8,15,17H,2,6,9-13H2,1H3,(H,18,19). The van der Waals surface area contributed by atoms with E-state index in [0.29, 0.717) is 19.6 Å². The van der Waals surface area contributed by atoms with E-state index in [0.717, 1.165) is 25.8 Å². The van der Waals surface area contributed by atoms with E-state index in [9.17, 15) is 4.79 Å². The van der Waals surface area contributed by atoms with Gasteiger partial charge in [-0.05, 0) is 37.8 Å². The maximum Gasteiger partial charge on any atom is 0.320 e. The normalized spacial score (nSPS) is 12.2. The number of carboxylic acid groups (broad SMARTS) is 1. The van der Waals surface area contributed by atoms with Crippen LogP contribution in [0, 0.1) is 0 Å². The molecule has 0 saturated heterocycles. The minimum atomic E-state index is -0.800. The van der Waals surface area contributed by atoms with Crippen molar-refractivity contribution in [2.45, 2.75) is 38.6 Å². The van der Waals surface area contributed by atoms with E-state index in [-0.39, 0.29) is 0 Å². The topological polar surface area (TPSA) is 58.6 Å². The first-order chi connectivity index (χ1) is 9.74. The van der Waals surface area contributed by atoms with Crippen LogP contribution >= 0.6 is 0 Å². The van der Waals surface area contributed by atoms with Crippen LogP contribution in [0.15, 0.2) is 30.3 Å². The summed E-state index contributed by atoms with van der Waals surface area (Å²) in [7, 11) is 0. The first-order valence-corrected chi connectivity index (χ1v) is 7.32. The summed E-state index contributed by atoms with van der Waals surface area (Å²) in [6.45, 7) is 3.91. The SMILES string of the molecule is CCCNC(CCOCCCc1ccccc1)C(=O)O. The van der Waals surface area contributed by atoms with Gasteiger partial charge in [0.1, 0.15) is 6.04 Å². The number of ether oxygens (including phenoxy) is 1. The number of carboxylic acids is 1. The van der Waals surface area contributed by atoms with Crippen LogP contribution in [0.5, 0.6) is 0 Å². The number of aryl methyl sites for hydroxylation is 1. The Labute approximate surface area is 121 Å². The molecule has 4 heteroatoms. The maximum atomic E-state index is 11.0. The van der Waals surface area contributed by atoms with Gasteiger partial charge in [-0.3, -0.25) is 4.79 Å². The molecule has 4 nitrogen and oxygen atoms in total.